The highest BCUT2D eigenvalue weighted by Gasteiger charge is 2.45. The van der Waals surface area contributed by atoms with Crippen molar-refractivity contribution in [2.24, 2.45) is 0 Å². The van der Waals surface area contributed by atoms with E-state index in [0.717, 1.165) is 72.9 Å². The van der Waals surface area contributed by atoms with Gasteiger partial charge in [0.1, 0.15) is 152 Å². The van der Waals surface area contributed by atoms with Crippen LogP contribution in [-0.2, 0) is 49.4 Å². The van der Waals surface area contributed by atoms with Crippen molar-refractivity contribution in [1.29, 1.82) is 0 Å². The third kappa shape index (κ3) is 22.4. The molecule has 113 heavy (non-hydrogen) atoms. The summed E-state index contributed by atoms with van der Waals surface area (Å²) in [6, 6.07) is 11.5. The molecule has 0 radical (unpaired) electrons. The van der Waals surface area contributed by atoms with Crippen molar-refractivity contribution in [3.05, 3.63) is 309 Å². The number of nitrogens with zero attached hydrogens (tertiary/aromatic N) is 22. The molecule has 13 aromatic rings. The molecule has 9 heterocycles. The lowest BCUT2D eigenvalue weighted by Crippen LogP contribution is -2.39. The van der Waals surface area contributed by atoms with Crippen LogP contribution in [-0.4, -0.2) is 130 Å². The summed E-state index contributed by atoms with van der Waals surface area (Å²) in [5, 5.41) is 48.9. The van der Waals surface area contributed by atoms with Gasteiger partial charge in [0.2, 0.25) is 0 Å². The van der Waals surface area contributed by atoms with Crippen LogP contribution in [0.3, 0.4) is 0 Å². The van der Waals surface area contributed by atoms with E-state index >= 15 is 0 Å². The van der Waals surface area contributed by atoms with Crippen LogP contribution in [0.5, 0.6) is 0 Å². The molecule has 0 fully saturated rings. The van der Waals surface area contributed by atoms with Crippen molar-refractivity contribution in [1.82, 2.24) is 109 Å². The van der Waals surface area contributed by atoms with Crippen LogP contribution < -0.4 is 0 Å². The van der Waals surface area contributed by atoms with Gasteiger partial charge in [-0.15, -0.1) is 0 Å². The fourth-order valence-electron chi connectivity index (χ4n) is 10.9. The molecule has 0 amide bonds. The number of halogens is 16. The van der Waals surface area contributed by atoms with Crippen LogP contribution in [0.25, 0.3) is 0 Å². The molecule has 26 nitrogen and oxygen atoms in total. The molecule has 0 bridgehead atoms. The lowest BCUT2D eigenvalue weighted by atomic mass is 9.79. The fourth-order valence-corrected chi connectivity index (χ4v) is 11.7. The minimum absolute atomic E-state index is 0.0325. The van der Waals surface area contributed by atoms with Crippen LogP contribution in [0.4, 0.5) is 52.7 Å². The second-order valence-corrected chi connectivity index (χ2v) is 26.6. The maximum absolute atomic E-state index is 14.5. The number of ketones is 1. The fraction of sp³-hybridized carbons (Fsp3) is 0.254. The van der Waals surface area contributed by atoms with E-state index in [0.29, 0.717) is 36.0 Å². The van der Waals surface area contributed by atoms with Gasteiger partial charge in [-0.05, 0) is 56.2 Å². The molecular weight excluding hydrogens is 1640 g/mol. The van der Waals surface area contributed by atoms with Crippen molar-refractivity contribution >= 4 is 56.5 Å². The van der Waals surface area contributed by atoms with E-state index in [4.69, 9.17) is 34.8 Å². The molecule has 13 rings (SSSR count). The molecule has 0 saturated carbocycles. The lowest BCUT2D eigenvalue weighted by Gasteiger charge is -2.35. The average molecular weight is 1700 g/mol. The quantitative estimate of drug-likeness (QED) is 0.0276. The number of aliphatic hydroxyl groups is 3. The standard InChI is InChI=1S/C17H17F2N5O.C16H13ClF3N5O.C16H14F3N5O.C10H7F2N3O.C6H5BrClFN2.C6H6ClFN2/c1-11-6-20-8-22-16(11)12(2)17(25,7-24-10-21-9-23-24)14-4-3-13(18)5-15(14)19;1-9(14-13(20)15(17)23-7-22-14)16(26,5-25-8-21-6-24-25)11-3-2-10(18)4-12(11)19;1-10(15-14(19)5-20-7-22-15)16(25,6-24-9-21-8-23-24)12-3-2-11(17)4-13(12)18;11-7-1-2-8(9(12)3-7)10(16)4-15-6-13-5-14-15;1-3(7)5-4(9)6(8)11-2-10-5;1-2-4-5(8)6(7)10-3-9-4/h3-6,8-10,12,25H,7H2,1-2H3;2-4,6-9,26H,5H2,1H3;2-5,7-10,25H,6H2,1H3;1-3,5-6H,4H2;2-3H,1H3;3H,2H2,1H3/t12-,17-;;;;;/m0...../s1. The minimum Gasteiger partial charge on any atom is -0.382 e. The zero-order chi connectivity index (χ0) is 82.5. The maximum atomic E-state index is 14.5. The maximum Gasteiger partial charge on any atom is 0.187 e. The van der Waals surface area contributed by atoms with Crippen molar-refractivity contribution in [3.8, 4) is 0 Å². The van der Waals surface area contributed by atoms with Gasteiger partial charge in [-0.1, -0.05) is 96.6 Å². The predicted molar refractivity (Wildman–Crippen MR) is 383 cm³/mol. The van der Waals surface area contributed by atoms with Crippen molar-refractivity contribution in [2.75, 3.05) is 0 Å². The molecule has 3 N–H and O–H groups in total. The number of hydrogen-bond donors (Lipinski definition) is 3. The molecule has 5 unspecified atom stereocenters. The summed E-state index contributed by atoms with van der Waals surface area (Å²) in [5.74, 6) is -12.6. The molecule has 9 aromatic heterocycles. The van der Waals surface area contributed by atoms with E-state index in [1.807, 2.05) is 13.8 Å². The van der Waals surface area contributed by atoms with Gasteiger partial charge in [-0.25, -0.2) is 141 Å². The molecular formula is C71H62BrCl3F12N22O4. The van der Waals surface area contributed by atoms with Gasteiger partial charge in [0.25, 0.3) is 0 Å². The second-order valence-electron chi connectivity index (χ2n) is 24.2. The summed E-state index contributed by atoms with van der Waals surface area (Å²) in [6.07, 6.45) is 19.6. The number of alkyl halides is 1. The van der Waals surface area contributed by atoms with Crippen LogP contribution in [0.15, 0.2) is 167 Å². The normalized spacial score (nSPS) is 13.6. The number of rotatable bonds is 20. The average Bonchev–Trinajstić information content (AvgIpc) is 1.23. The Balaban J connectivity index is 0.000000175. The van der Waals surface area contributed by atoms with Gasteiger partial charge < -0.3 is 15.3 Å². The van der Waals surface area contributed by atoms with Gasteiger partial charge in [0.05, 0.1) is 64.7 Å². The highest BCUT2D eigenvalue weighted by molar-refractivity contribution is 9.09. The molecule has 0 aliphatic heterocycles. The largest absolute Gasteiger partial charge is 0.382 e. The summed E-state index contributed by atoms with van der Waals surface area (Å²) in [5.41, 5.74) is -4.66. The zero-order valence-electron chi connectivity index (χ0n) is 59.6. The SMILES string of the molecule is CC(Br)c1ncnc(Cl)c1F.CC(c1ncnc(Cl)c1F)C(O)(Cn1cncn1)c1ccc(F)cc1F.CC(c1ncncc1F)C(O)(Cn1cncn1)c1ccc(F)cc1F.CCc1ncnc(Cl)c1F.Cc1cncnc1[C@H](C)[C@@](O)(Cn1cncn1)c1ccc(F)cc1F.O=C(Cn1cncn1)c1ccc(F)cc1F. The van der Waals surface area contributed by atoms with Crippen LogP contribution in [0.2, 0.25) is 15.5 Å². The monoisotopic (exact) mass is 1700 g/mol. The highest BCUT2D eigenvalue weighted by atomic mass is 79.9. The first kappa shape index (κ1) is 87.5. The van der Waals surface area contributed by atoms with Gasteiger partial charge in [-0.2, -0.15) is 20.4 Å². The Hall–Kier alpha value is -11.1. The molecule has 0 aliphatic rings. The van der Waals surface area contributed by atoms with E-state index in [2.05, 4.69) is 106 Å². The third-order valence-electron chi connectivity index (χ3n) is 16.9. The number of carbonyl (C=O) groups excluding carboxylic acids is 1. The number of hydrogen-bond acceptors (Lipinski definition) is 22. The molecule has 4 aromatic carbocycles. The Morgan fingerprint density at radius 3 is 1.14 bits per heavy atom. The summed E-state index contributed by atoms with van der Waals surface area (Å²) in [6.45, 7) is 9.34. The van der Waals surface area contributed by atoms with Crippen molar-refractivity contribution in [2.45, 2.75) is 114 Å². The second kappa shape index (κ2) is 39.9. The van der Waals surface area contributed by atoms with Crippen molar-refractivity contribution < 1.29 is 72.8 Å². The molecule has 592 valence electrons. The van der Waals surface area contributed by atoms with Gasteiger partial charge >= 0.3 is 0 Å². The highest BCUT2D eigenvalue weighted by Crippen LogP contribution is 2.43. The summed E-state index contributed by atoms with van der Waals surface area (Å²) in [7, 11) is 0. The number of benzene rings is 4. The number of Topliss-reactive ketones (excluding diaryl/α,β-unsaturated/α-hetero) is 1. The Morgan fingerprint density at radius 1 is 0.416 bits per heavy atom. The van der Waals surface area contributed by atoms with E-state index in [-0.39, 0.29) is 80.6 Å². The molecule has 0 aliphatic carbocycles. The summed E-state index contributed by atoms with van der Waals surface area (Å²) < 4.78 is 168. The first-order valence-electron chi connectivity index (χ1n) is 32.8. The van der Waals surface area contributed by atoms with Crippen LogP contribution in [0, 0.1) is 76.7 Å². The molecule has 42 heteroatoms. The smallest absolute Gasteiger partial charge is 0.187 e. The molecule has 0 saturated heterocycles. The Morgan fingerprint density at radius 2 is 0.770 bits per heavy atom. The first-order valence-corrected chi connectivity index (χ1v) is 34.9. The van der Waals surface area contributed by atoms with Gasteiger partial charge in [-0.3, -0.25) is 4.79 Å². The van der Waals surface area contributed by atoms with Gasteiger partial charge in [0, 0.05) is 64.9 Å². The molecule has 7 atom stereocenters. The number of carbonyl (C=O) groups is 1. The van der Waals surface area contributed by atoms with Crippen LogP contribution >= 0.6 is 50.7 Å². The van der Waals surface area contributed by atoms with E-state index in [1.165, 1.54) is 108 Å². The van der Waals surface area contributed by atoms with Crippen molar-refractivity contribution in [3.63, 3.8) is 0 Å². The number of aryl methyl sites for hydroxylation is 2. The zero-order valence-corrected chi connectivity index (χ0v) is 63.4. The number of aromatic nitrogens is 22. The lowest BCUT2D eigenvalue weighted by molar-refractivity contribution is -0.0137. The third-order valence-corrected chi connectivity index (χ3v) is 18.1. The van der Waals surface area contributed by atoms with Gasteiger partial charge in [0.15, 0.2) is 44.5 Å². The van der Waals surface area contributed by atoms with E-state index in [1.54, 1.807) is 20.0 Å². The van der Waals surface area contributed by atoms with E-state index < -0.39 is 115 Å². The molecule has 0 spiro atoms. The summed E-state index contributed by atoms with van der Waals surface area (Å²) >= 11 is 19.6. The Labute approximate surface area is 657 Å². The van der Waals surface area contributed by atoms with E-state index in [9.17, 15) is 72.8 Å². The topological polar surface area (TPSA) is 329 Å². The Bertz CT molecular complexity index is 5140. The summed E-state index contributed by atoms with van der Waals surface area (Å²) in [4.78, 5) is 63.8. The Kier molecular flexibility index (Phi) is 30.9. The minimum atomic E-state index is -2.02. The first-order chi connectivity index (χ1) is 53.7. The predicted octanol–water partition coefficient (Wildman–Crippen LogP) is 13.3. The van der Waals surface area contributed by atoms with Crippen LogP contribution in [0.1, 0.15) is 118 Å².